The molecule has 3 heteroatoms. The molecule has 0 bridgehead atoms. The molecule has 59 valence electrons. The molecular weight excluding hydrogens is 164 g/mol. The van der Waals surface area contributed by atoms with Gasteiger partial charge in [-0.15, -0.1) is 0 Å². The van der Waals surface area contributed by atoms with Crippen molar-refractivity contribution in [1.82, 2.24) is 0 Å². The van der Waals surface area contributed by atoms with Gasteiger partial charge in [0.1, 0.15) is 12.4 Å². The second-order valence-electron chi connectivity index (χ2n) is 2.02. The predicted molar refractivity (Wildman–Crippen MR) is 43.3 cm³/mol. The van der Waals surface area contributed by atoms with Gasteiger partial charge in [-0.3, -0.25) is 0 Å². The second kappa shape index (κ2) is 3.60. The lowest BCUT2D eigenvalue weighted by molar-refractivity contribution is 0.409. The minimum atomic E-state index is 0.496. The number of aliphatic hydroxyl groups excluding tert-OH is 1. The average molecular weight is 172 g/mol. The first-order chi connectivity index (χ1) is 5.27. The van der Waals surface area contributed by atoms with E-state index in [1.807, 2.05) is 0 Å². The zero-order chi connectivity index (χ0) is 8.27. The van der Waals surface area contributed by atoms with E-state index in [2.05, 4.69) is 0 Å². The Bertz CT molecular complexity index is 248. The highest BCUT2D eigenvalue weighted by molar-refractivity contribution is 6.32. The lowest BCUT2D eigenvalue weighted by Gasteiger charge is -2.02. The molecular formula is C8H8ClO2. The number of methoxy groups -OCH3 is 1. The Labute approximate surface area is 70.4 Å². The fourth-order valence-corrected chi connectivity index (χ4v) is 1.03. The number of aliphatic hydroxyl groups is 1. The number of ether oxygens (including phenoxy) is 1. The van der Waals surface area contributed by atoms with E-state index in [1.165, 1.54) is 0 Å². The number of rotatable bonds is 2. The molecule has 1 radical (unpaired) electrons. The molecule has 1 rings (SSSR count). The van der Waals surface area contributed by atoms with E-state index >= 15 is 0 Å². The summed E-state index contributed by atoms with van der Waals surface area (Å²) in [5, 5.41) is 9.10. The largest absolute Gasteiger partial charge is 0.495 e. The predicted octanol–water partition coefficient (Wildman–Crippen LogP) is 2.23. The van der Waals surface area contributed by atoms with Crippen LogP contribution in [0.2, 0.25) is 5.02 Å². The summed E-state index contributed by atoms with van der Waals surface area (Å²) in [7, 11) is 1.55. The highest BCUT2D eigenvalue weighted by Crippen LogP contribution is 2.24. The third-order valence-electron chi connectivity index (χ3n) is 1.32. The summed E-state index contributed by atoms with van der Waals surface area (Å²) in [5.41, 5.74) is 0.663. The van der Waals surface area contributed by atoms with Gasteiger partial charge in [-0.05, 0) is 17.7 Å². The highest BCUT2D eigenvalue weighted by Gasteiger charge is 1.99. The van der Waals surface area contributed by atoms with Crippen molar-refractivity contribution in [2.45, 2.75) is 0 Å². The third kappa shape index (κ3) is 1.85. The smallest absolute Gasteiger partial charge is 0.137 e. The molecule has 0 heterocycles. The highest BCUT2D eigenvalue weighted by atomic mass is 35.5. The van der Waals surface area contributed by atoms with Gasteiger partial charge >= 0.3 is 0 Å². The van der Waals surface area contributed by atoms with Crippen molar-refractivity contribution in [3.63, 3.8) is 0 Å². The van der Waals surface area contributed by atoms with E-state index in [1.54, 1.807) is 25.3 Å². The Morgan fingerprint density at radius 1 is 1.55 bits per heavy atom. The maximum absolute atomic E-state index is 8.60. The Morgan fingerprint density at radius 2 is 2.27 bits per heavy atom. The molecule has 0 fully saturated rings. The molecule has 0 aliphatic rings. The lowest BCUT2D eigenvalue weighted by atomic mass is 10.2. The van der Waals surface area contributed by atoms with Crippen LogP contribution >= 0.6 is 11.6 Å². The van der Waals surface area contributed by atoms with Crippen molar-refractivity contribution in [2.24, 2.45) is 0 Å². The van der Waals surface area contributed by atoms with Crippen LogP contribution in [0.5, 0.6) is 5.75 Å². The molecule has 0 amide bonds. The third-order valence-corrected chi connectivity index (χ3v) is 1.62. The van der Waals surface area contributed by atoms with Gasteiger partial charge in [0.15, 0.2) is 0 Å². The fraction of sp³-hybridized carbons (Fsp3) is 0.125. The Hall–Kier alpha value is -0.730. The monoisotopic (exact) mass is 171 g/mol. The molecule has 1 N–H and O–H groups in total. The number of hydrogen-bond donors (Lipinski definition) is 1. The molecule has 0 saturated heterocycles. The number of halogens is 1. The zero-order valence-corrected chi connectivity index (χ0v) is 6.80. The van der Waals surface area contributed by atoms with Gasteiger partial charge in [-0.1, -0.05) is 17.7 Å². The standard InChI is InChI=1S/C8H8ClO2/c1-11-8-3-2-6(5-10)4-7(8)9/h2-5,10H,1H3. The minimum absolute atomic E-state index is 0.496. The van der Waals surface area contributed by atoms with Crippen molar-refractivity contribution in [2.75, 3.05) is 7.11 Å². The van der Waals surface area contributed by atoms with Crippen LogP contribution in [0.15, 0.2) is 18.2 Å². The van der Waals surface area contributed by atoms with Gasteiger partial charge in [0.2, 0.25) is 0 Å². The van der Waals surface area contributed by atoms with Crippen molar-refractivity contribution in [1.29, 1.82) is 0 Å². The van der Waals surface area contributed by atoms with Crippen LogP contribution in [-0.2, 0) is 0 Å². The van der Waals surface area contributed by atoms with E-state index in [4.69, 9.17) is 21.4 Å². The van der Waals surface area contributed by atoms with E-state index < -0.39 is 0 Å². The minimum Gasteiger partial charge on any atom is -0.495 e. The van der Waals surface area contributed by atoms with Crippen molar-refractivity contribution in [3.05, 3.63) is 35.4 Å². The first-order valence-electron chi connectivity index (χ1n) is 3.09. The quantitative estimate of drug-likeness (QED) is 0.740. The molecule has 0 aliphatic heterocycles. The maximum Gasteiger partial charge on any atom is 0.137 e. The normalized spacial score (nSPS) is 9.73. The van der Waals surface area contributed by atoms with Gasteiger partial charge in [0.25, 0.3) is 0 Å². The number of benzene rings is 1. The summed E-state index contributed by atoms with van der Waals surface area (Å²) in [6, 6.07) is 5.04. The summed E-state index contributed by atoms with van der Waals surface area (Å²) >= 11 is 5.75. The number of hydrogen-bond acceptors (Lipinski definition) is 2. The van der Waals surface area contributed by atoms with Gasteiger partial charge in [0, 0.05) is 0 Å². The first-order valence-corrected chi connectivity index (χ1v) is 3.46. The molecule has 0 aliphatic carbocycles. The van der Waals surface area contributed by atoms with E-state index in [0.29, 0.717) is 16.3 Å². The molecule has 0 aromatic heterocycles. The Balaban J connectivity index is 2.99. The Kier molecular flexibility index (Phi) is 2.74. The summed E-state index contributed by atoms with van der Waals surface area (Å²) in [6.07, 6.45) is 0. The van der Waals surface area contributed by atoms with E-state index in [9.17, 15) is 0 Å². The van der Waals surface area contributed by atoms with Gasteiger partial charge in [-0.2, -0.15) is 0 Å². The maximum atomic E-state index is 8.60. The van der Waals surface area contributed by atoms with Gasteiger partial charge in [0.05, 0.1) is 12.1 Å². The van der Waals surface area contributed by atoms with Gasteiger partial charge in [-0.25, -0.2) is 0 Å². The summed E-state index contributed by atoms with van der Waals surface area (Å²) < 4.78 is 4.92. The molecule has 2 nitrogen and oxygen atoms in total. The van der Waals surface area contributed by atoms with Crippen LogP contribution in [0.4, 0.5) is 0 Å². The van der Waals surface area contributed by atoms with Crippen LogP contribution in [0.25, 0.3) is 0 Å². The van der Waals surface area contributed by atoms with E-state index in [-0.39, 0.29) is 0 Å². The summed E-state index contributed by atoms with van der Waals surface area (Å²) in [6.45, 7) is 0.991. The zero-order valence-electron chi connectivity index (χ0n) is 6.04. The first kappa shape index (κ1) is 8.37. The van der Waals surface area contributed by atoms with Gasteiger partial charge < -0.3 is 9.84 Å². The van der Waals surface area contributed by atoms with Crippen LogP contribution < -0.4 is 4.74 Å². The molecule has 0 spiro atoms. The topological polar surface area (TPSA) is 29.5 Å². The second-order valence-corrected chi connectivity index (χ2v) is 2.43. The summed E-state index contributed by atoms with van der Waals surface area (Å²) in [5.74, 6) is 0.609. The van der Waals surface area contributed by atoms with Crippen molar-refractivity contribution in [3.8, 4) is 5.75 Å². The molecule has 11 heavy (non-hydrogen) atoms. The van der Waals surface area contributed by atoms with Crippen LogP contribution in [0.1, 0.15) is 5.56 Å². The van der Waals surface area contributed by atoms with E-state index in [0.717, 1.165) is 6.61 Å². The molecule has 1 aromatic rings. The molecule has 1 aromatic carbocycles. The van der Waals surface area contributed by atoms with Crippen LogP contribution in [-0.4, -0.2) is 12.2 Å². The molecule has 0 saturated carbocycles. The Morgan fingerprint density at radius 3 is 2.73 bits per heavy atom. The van der Waals surface area contributed by atoms with Crippen molar-refractivity contribution < 1.29 is 9.84 Å². The SMILES string of the molecule is COc1ccc([CH]O)cc1Cl. The fourth-order valence-electron chi connectivity index (χ4n) is 0.763. The summed E-state index contributed by atoms with van der Waals surface area (Å²) in [4.78, 5) is 0. The molecule has 0 unspecified atom stereocenters. The van der Waals surface area contributed by atoms with Crippen LogP contribution in [0.3, 0.4) is 0 Å². The van der Waals surface area contributed by atoms with Crippen molar-refractivity contribution >= 4 is 11.6 Å². The lowest BCUT2D eigenvalue weighted by Crippen LogP contribution is -1.85. The van der Waals surface area contributed by atoms with Crippen LogP contribution in [0, 0.1) is 6.61 Å². The molecule has 0 atom stereocenters. The average Bonchev–Trinajstić information content (AvgIpc) is 2.04.